The third kappa shape index (κ3) is 3.76. The highest BCUT2D eigenvalue weighted by atomic mass is 79.9. The number of nitrogens with zero attached hydrogens (tertiary/aromatic N) is 3. The van der Waals surface area contributed by atoms with Crippen LogP contribution in [0.15, 0.2) is 52.1 Å². The molecule has 2 N–H and O–H groups in total. The number of thioether (sulfide) groups is 1. The van der Waals surface area contributed by atoms with Crippen LogP contribution in [0.1, 0.15) is 23.0 Å². The molecule has 1 aliphatic rings. The molecule has 0 unspecified atom stereocenters. The minimum absolute atomic E-state index is 0.102. The topological polar surface area (TPSA) is 71.8 Å². The molecule has 6 nitrogen and oxygen atoms in total. The Morgan fingerprint density at radius 2 is 1.96 bits per heavy atom. The molecule has 2 aromatic carbocycles. The zero-order valence-electron chi connectivity index (χ0n) is 15.1. The van der Waals surface area contributed by atoms with Crippen molar-refractivity contribution in [2.45, 2.75) is 30.3 Å². The molecule has 1 aliphatic heterocycles. The first kappa shape index (κ1) is 19.3. The second-order valence-electron chi connectivity index (χ2n) is 6.51. The van der Waals surface area contributed by atoms with Crippen LogP contribution in [0.25, 0.3) is 0 Å². The van der Waals surface area contributed by atoms with Crippen molar-refractivity contribution in [1.82, 2.24) is 14.9 Å². The number of aryl methyl sites for hydroxylation is 2. The molecule has 1 amide bonds. The van der Waals surface area contributed by atoms with Crippen LogP contribution in [-0.2, 0) is 4.79 Å². The Kier molecular flexibility index (Phi) is 5.35. The number of rotatable bonds is 3. The average molecular weight is 479 g/mol. The number of hydrogen-bond donors (Lipinski definition) is 2. The number of aromatic nitrogens is 3. The van der Waals surface area contributed by atoms with Crippen molar-refractivity contribution in [3.05, 3.63) is 68.9 Å². The van der Waals surface area contributed by atoms with E-state index in [4.69, 9.17) is 11.6 Å². The van der Waals surface area contributed by atoms with E-state index in [1.54, 1.807) is 0 Å². The molecule has 1 aromatic heterocycles. The molecular formula is C19H17BrClN5OS. The van der Waals surface area contributed by atoms with Gasteiger partial charge in [-0.1, -0.05) is 51.4 Å². The predicted molar refractivity (Wildman–Crippen MR) is 115 cm³/mol. The standard InChI is InChI=1S/C19H17BrClN5OS/c1-10-9-13(20)5-8-15(10)22-18(27)17-16(12-3-6-14(21)7-4-12)25-26-11(2)23-24-19(26)28-17/h3-9,16-17,25H,1-2H3,(H,22,27)/t16-,17+/m0/s1. The van der Waals surface area contributed by atoms with Gasteiger partial charge >= 0.3 is 0 Å². The summed E-state index contributed by atoms with van der Waals surface area (Å²) in [6.07, 6.45) is 0. The van der Waals surface area contributed by atoms with E-state index in [1.807, 2.05) is 61.0 Å². The smallest absolute Gasteiger partial charge is 0.240 e. The number of carbonyl (C=O) groups is 1. The van der Waals surface area contributed by atoms with Crippen LogP contribution in [0, 0.1) is 13.8 Å². The Hall–Kier alpha value is -2.03. The van der Waals surface area contributed by atoms with Gasteiger partial charge in [0, 0.05) is 15.2 Å². The van der Waals surface area contributed by atoms with E-state index >= 15 is 0 Å². The number of hydrogen-bond acceptors (Lipinski definition) is 5. The number of benzene rings is 2. The fourth-order valence-electron chi connectivity index (χ4n) is 3.05. The minimum Gasteiger partial charge on any atom is -0.325 e. The third-order valence-corrected chi connectivity index (χ3v) is 6.49. The van der Waals surface area contributed by atoms with Crippen LogP contribution in [0.2, 0.25) is 5.02 Å². The third-order valence-electron chi connectivity index (χ3n) is 4.53. The Balaban J connectivity index is 1.67. The van der Waals surface area contributed by atoms with Crippen molar-refractivity contribution in [1.29, 1.82) is 0 Å². The molecule has 0 saturated carbocycles. The van der Waals surface area contributed by atoms with E-state index in [-0.39, 0.29) is 11.9 Å². The summed E-state index contributed by atoms with van der Waals surface area (Å²) in [6.45, 7) is 3.83. The fourth-order valence-corrected chi connectivity index (χ4v) is 4.78. The SMILES string of the molecule is Cc1cc(Br)ccc1NC(=O)[C@@H]1Sc2nnc(C)n2N[C@H]1c1ccc(Cl)cc1. The minimum atomic E-state index is -0.430. The van der Waals surface area contributed by atoms with Crippen LogP contribution in [0.5, 0.6) is 0 Å². The lowest BCUT2D eigenvalue weighted by Gasteiger charge is -2.32. The van der Waals surface area contributed by atoms with E-state index in [1.165, 1.54) is 11.8 Å². The summed E-state index contributed by atoms with van der Waals surface area (Å²) in [7, 11) is 0. The van der Waals surface area contributed by atoms with E-state index in [0.29, 0.717) is 10.2 Å². The Labute approximate surface area is 180 Å². The normalized spacial score (nSPS) is 18.3. The van der Waals surface area contributed by atoms with Gasteiger partial charge in [0.05, 0.1) is 6.04 Å². The summed E-state index contributed by atoms with van der Waals surface area (Å²) in [4.78, 5) is 13.2. The Morgan fingerprint density at radius 3 is 2.68 bits per heavy atom. The summed E-state index contributed by atoms with van der Waals surface area (Å²) in [5, 5.41) is 12.2. The quantitative estimate of drug-likeness (QED) is 0.570. The molecule has 4 rings (SSSR count). The maximum atomic E-state index is 13.2. The highest BCUT2D eigenvalue weighted by Gasteiger charge is 2.37. The summed E-state index contributed by atoms with van der Waals surface area (Å²) in [6, 6.07) is 13.0. The molecule has 28 heavy (non-hydrogen) atoms. The number of amides is 1. The molecule has 0 radical (unpaired) electrons. The molecule has 0 spiro atoms. The van der Waals surface area contributed by atoms with Gasteiger partial charge in [0.25, 0.3) is 0 Å². The van der Waals surface area contributed by atoms with Gasteiger partial charge in [-0.2, -0.15) is 0 Å². The number of fused-ring (bicyclic) bond motifs is 1. The maximum Gasteiger partial charge on any atom is 0.240 e. The van der Waals surface area contributed by atoms with E-state index < -0.39 is 5.25 Å². The summed E-state index contributed by atoms with van der Waals surface area (Å²) >= 11 is 10.9. The van der Waals surface area contributed by atoms with Crippen molar-refractivity contribution in [2.75, 3.05) is 10.7 Å². The maximum absolute atomic E-state index is 13.2. The first-order valence-corrected chi connectivity index (χ1v) is 10.6. The van der Waals surface area contributed by atoms with Crippen molar-refractivity contribution in [3.8, 4) is 0 Å². The molecule has 3 aromatic rings. The summed E-state index contributed by atoms with van der Waals surface area (Å²) < 4.78 is 2.79. The molecular weight excluding hydrogens is 462 g/mol. The monoisotopic (exact) mass is 477 g/mol. The first-order valence-electron chi connectivity index (χ1n) is 8.60. The second kappa shape index (κ2) is 7.77. The lowest BCUT2D eigenvalue weighted by Crippen LogP contribution is -2.41. The molecule has 2 heterocycles. The predicted octanol–water partition coefficient (Wildman–Crippen LogP) is 4.71. The van der Waals surface area contributed by atoms with Crippen molar-refractivity contribution >= 4 is 50.9 Å². The molecule has 144 valence electrons. The molecule has 0 bridgehead atoms. The number of anilines is 1. The van der Waals surface area contributed by atoms with Gasteiger partial charge in [0.2, 0.25) is 11.1 Å². The van der Waals surface area contributed by atoms with Crippen LogP contribution in [-0.4, -0.2) is 26.0 Å². The molecule has 0 aliphatic carbocycles. The molecule has 0 fully saturated rings. The summed E-state index contributed by atoms with van der Waals surface area (Å²) in [5.74, 6) is 0.638. The Bertz CT molecular complexity index is 1040. The zero-order chi connectivity index (χ0) is 19.8. The summed E-state index contributed by atoms with van der Waals surface area (Å²) in [5.41, 5.74) is 6.11. The van der Waals surface area contributed by atoms with Crippen LogP contribution < -0.4 is 10.7 Å². The van der Waals surface area contributed by atoms with Gasteiger partial charge in [0.1, 0.15) is 11.1 Å². The molecule has 0 saturated heterocycles. The zero-order valence-corrected chi connectivity index (χ0v) is 18.3. The van der Waals surface area contributed by atoms with E-state index in [2.05, 4.69) is 36.9 Å². The van der Waals surface area contributed by atoms with Gasteiger partial charge in [-0.25, -0.2) is 4.68 Å². The second-order valence-corrected chi connectivity index (χ2v) is 8.97. The fraction of sp³-hybridized carbons (Fsp3) is 0.211. The lowest BCUT2D eigenvalue weighted by molar-refractivity contribution is -0.116. The van der Waals surface area contributed by atoms with Crippen LogP contribution in [0.4, 0.5) is 5.69 Å². The van der Waals surface area contributed by atoms with E-state index in [9.17, 15) is 4.79 Å². The average Bonchev–Trinajstić information content (AvgIpc) is 3.04. The number of carbonyl (C=O) groups excluding carboxylic acids is 1. The van der Waals surface area contributed by atoms with Gasteiger partial charge in [0.15, 0.2) is 0 Å². The lowest BCUT2D eigenvalue weighted by atomic mass is 10.0. The first-order chi connectivity index (χ1) is 13.4. The van der Waals surface area contributed by atoms with E-state index in [0.717, 1.165) is 27.1 Å². The van der Waals surface area contributed by atoms with Gasteiger partial charge in [-0.05, 0) is 55.3 Å². The molecule has 2 atom stereocenters. The Morgan fingerprint density at radius 1 is 1.21 bits per heavy atom. The van der Waals surface area contributed by atoms with Crippen LogP contribution in [0.3, 0.4) is 0 Å². The van der Waals surface area contributed by atoms with Crippen molar-refractivity contribution < 1.29 is 4.79 Å². The molecule has 9 heteroatoms. The number of nitrogens with one attached hydrogen (secondary N) is 2. The van der Waals surface area contributed by atoms with Crippen molar-refractivity contribution in [2.24, 2.45) is 0 Å². The highest BCUT2D eigenvalue weighted by molar-refractivity contribution is 9.10. The largest absolute Gasteiger partial charge is 0.325 e. The van der Waals surface area contributed by atoms with Crippen molar-refractivity contribution in [3.63, 3.8) is 0 Å². The van der Waals surface area contributed by atoms with Crippen LogP contribution >= 0.6 is 39.3 Å². The van der Waals surface area contributed by atoms with Gasteiger partial charge in [-0.15, -0.1) is 10.2 Å². The highest BCUT2D eigenvalue weighted by Crippen LogP contribution is 2.38. The number of halogens is 2. The van der Waals surface area contributed by atoms with Gasteiger partial charge in [-0.3, -0.25) is 4.79 Å². The van der Waals surface area contributed by atoms with Gasteiger partial charge < -0.3 is 10.7 Å².